The van der Waals surface area contributed by atoms with Gasteiger partial charge in [-0.1, -0.05) is 30.3 Å². The lowest BCUT2D eigenvalue weighted by Gasteiger charge is -2.26. The van der Waals surface area contributed by atoms with Crippen LogP contribution in [0, 0.1) is 0 Å². The molecule has 0 radical (unpaired) electrons. The average molecular weight is 472 g/mol. The fourth-order valence-corrected chi connectivity index (χ4v) is 4.46. The molecule has 0 bridgehead atoms. The van der Waals surface area contributed by atoms with E-state index in [0.29, 0.717) is 25.3 Å². The largest absolute Gasteiger partial charge is 0.491 e. The van der Waals surface area contributed by atoms with Gasteiger partial charge in [0.1, 0.15) is 18.1 Å². The molecule has 2 amide bonds. The molecule has 1 aliphatic rings. The summed E-state index contributed by atoms with van der Waals surface area (Å²) in [5, 5.41) is 8.78. The zero-order chi connectivity index (χ0) is 24.5. The fourth-order valence-electron chi connectivity index (χ4n) is 4.46. The highest BCUT2D eigenvalue weighted by Crippen LogP contribution is 2.33. The first-order valence-electron chi connectivity index (χ1n) is 11.8. The van der Waals surface area contributed by atoms with Gasteiger partial charge < -0.3 is 14.6 Å². The number of rotatable bonds is 7. The number of nitrogens with zero attached hydrogens (tertiary/aromatic N) is 4. The van der Waals surface area contributed by atoms with Crippen molar-refractivity contribution < 1.29 is 14.3 Å². The molecule has 2 aromatic carbocycles. The Labute approximate surface area is 204 Å². The van der Waals surface area contributed by atoms with E-state index in [9.17, 15) is 9.59 Å². The van der Waals surface area contributed by atoms with Crippen molar-refractivity contribution in [1.29, 1.82) is 0 Å². The number of carbonyl (C=O) groups is 2. The molecule has 35 heavy (non-hydrogen) atoms. The van der Waals surface area contributed by atoms with Gasteiger partial charge in [0.25, 0.3) is 0 Å². The van der Waals surface area contributed by atoms with Crippen LogP contribution in [0.5, 0.6) is 5.75 Å². The molecule has 0 unspecified atom stereocenters. The standard InChI is InChI=1S/C27H29N5O3/c1-18(2)35-20-10-8-19(9-11-20)15-28-25(33)17-31-26-14-23(29-32(26)13-12-27(31)34)22-16-30(3)24-7-5-4-6-21(22)24/h4-11,14,16,18H,12-13,15,17H2,1-3H3,(H,28,33). The number of aromatic nitrogens is 3. The Morgan fingerprint density at radius 3 is 2.69 bits per heavy atom. The number of ether oxygens (including phenoxy) is 1. The van der Waals surface area contributed by atoms with Gasteiger partial charge in [-0.05, 0) is 37.6 Å². The fraction of sp³-hybridized carbons (Fsp3) is 0.296. The lowest BCUT2D eigenvalue weighted by molar-refractivity contribution is -0.124. The van der Waals surface area contributed by atoms with Crippen LogP contribution in [0.2, 0.25) is 0 Å². The summed E-state index contributed by atoms with van der Waals surface area (Å²) >= 11 is 0. The van der Waals surface area contributed by atoms with Gasteiger partial charge >= 0.3 is 0 Å². The molecule has 180 valence electrons. The summed E-state index contributed by atoms with van der Waals surface area (Å²) < 4.78 is 9.55. The molecule has 4 aromatic rings. The van der Waals surface area contributed by atoms with Crippen molar-refractivity contribution in [2.45, 2.75) is 39.5 Å². The van der Waals surface area contributed by atoms with Crippen molar-refractivity contribution in [1.82, 2.24) is 19.7 Å². The van der Waals surface area contributed by atoms with Gasteiger partial charge in [0.15, 0.2) is 0 Å². The Hall–Kier alpha value is -4.07. The smallest absolute Gasteiger partial charge is 0.240 e. The number of nitrogens with one attached hydrogen (secondary N) is 1. The zero-order valence-electron chi connectivity index (χ0n) is 20.2. The van der Waals surface area contributed by atoms with E-state index in [1.165, 1.54) is 4.90 Å². The number of hydrogen-bond donors (Lipinski definition) is 1. The summed E-state index contributed by atoms with van der Waals surface area (Å²) in [4.78, 5) is 27.0. The average Bonchev–Trinajstić information content (AvgIpc) is 3.42. The molecule has 8 heteroatoms. The third-order valence-corrected chi connectivity index (χ3v) is 6.13. The first-order valence-corrected chi connectivity index (χ1v) is 11.8. The molecule has 1 N–H and O–H groups in total. The predicted molar refractivity (Wildman–Crippen MR) is 135 cm³/mol. The van der Waals surface area contributed by atoms with Crippen LogP contribution in [-0.4, -0.2) is 38.8 Å². The Kier molecular flexibility index (Phi) is 6.03. The first kappa shape index (κ1) is 22.7. The van der Waals surface area contributed by atoms with Gasteiger partial charge in [-0.3, -0.25) is 14.5 Å². The maximum Gasteiger partial charge on any atom is 0.240 e. The van der Waals surface area contributed by atoms with Crippen molar-refractivity contribution >= 4 is 28.5 Å². The van der Waals surface area contributed by atoms with Crippen LogP contribution >= 0.6 is 0 Å². The third-order valence-electron chi connectivity index (χ3n) is 6.13. The summed E-state index contributed by atoms with van der Waals surface area (Å²) in [6.07, 6.45) is 2.47. The number of amides is 2. The van der Waals surface area contributed by atoms with Crippen molar-refractivity contribution in [3.05, 3.63) is 66.4 Å². The maximum absolute atomic E-state index is 12.7. The van der Waals surface area contributed by atoms with Gasteiger partial charge in [-0.15, -0.1) is 0 Å². The third kappa shape index (κ3) is 4.64. The van der Waals surface area contributed by atoms with Gasteiger partial charge in [0.05, 0.1) is 18.3 Å². The molecule has 8 nitrogen and oxygen atoms in total. The minimum absolute atomic E-state index is 0.0476. The normalized spacial score (nSPS) is 13.4. The number of hydrogen-bond acceptors (Lipinski definition) is 4. The van der Waals surface area contributed by atoms with Crippen LogP contribution in [0.4, 0.5) is 5.82 Å². The highest BCUT2D eigenvalue weighted by molar-refractivity contribution is 6.00. The summed E-state index contributed by atoms with van der Waals surface area (Å²) in [6, 6.07) is 17.7. The van der Waals surface area contributed by atoms with E-state index >= 15 is 0 Å². The van der Waals surface area contributed by atoms with E-state index in [4.69, 9.17) is 9.84 Å². The second kappa shape index (κ2) is 9.29. The second-order valence-electron chi connectivity index (χ2n) is 9.10. The van der Waals surface area contributed by atoms with E-state index in [-0.39, 0.29) is 24.5 Å². The highest BCUT2D eigenvalue weighted by atomic mass is 16.5. The molecule has 0 aliphatic carbocycles. The lowest BCUT2D eigenvalue weighted by Crippen LogP contribution is -2.44. The zero-order valence-corrected chi connectivity index (χ0v) is 20.2. The molecule has 0 fully saturated rings. The van der Waals surface area contributed by atoms with Gasteiger partial charge in [0.2, 0.25) is 11.8 Å². The van der Waals surface area contributed by atoms with Crippen molar-refractivity contribution in [3.63, 3.8) is 0 Å². The summed E-state index contributed by atoms with van der Waals surface area (Å²) in [5.41, 5.74) is 3.87. The Bertz CT molecular complexity index is 1380. The maximum atomic E-state index is 12.7. The molecular weight excluding hydrogens is 442 g/mol. The SMILES string of the molecule is CC(C)Oc1ccc(CNC(=O)CN2C(=O)CCn3nc(-c4cn(C)c5ccccc45)cc32)cc1. The number of fused-ring (bicyclic) bond motifs is 2. The summed E-state index contributed by atoms with van der Waals surface area (Å²) in [7, 11) is 2.01. The molecule has 0 atom stereocenters. The Balaban J connectivity index is 1.30. The van der Waals surface area contributed by atoms with Crippen LogP contribution in [-0.2, 0) is 29.7 Å². The van der Waals surface area contributed by atoms with Crippen LogP contribution in [0.25, 0.3) is 22.2 Å². The van der Waals surface area contributed by atoms with E-state index in [2.05, 4.69) is 28.2 Å². The topological polar surface area (TPSA) is 81.4 Å². The van der Waals surface area contributed by atoms with Crippen molar-refractivity contribution in [2.24, 2.45) is 7.05 Å². The molecule has 1 aliphatic heterocycles. The minimum atomic E-state index is -0.220. The lowest BCUT2D eigenvalue weighted by atomic mass is 10.1. The second-order valence-corrected chi connectivity index (χ2v) is 9.10. The van der Waals surface area contributed by atoms with E-state index in [1.807, 2.05) is 68.0 Å². The van der Waals surface area contributed by atoms with Crippen LogP contribution in [0.1, 0.15) is 25.8 Å². The van der Waals surface area contributed by atoms with Crippen molar-refractivity contribution in [2.75, 3.05) is 11.4 Å². The molecule has 0 spiro atoms. The van der Waals surface area contributed by atoms with Crippen molar-refractivity contribution in [3.8, 4) is 17.0 Å². The van der Waals surface area contributed by atoms with Crippen LogP contribution < -0.4 is 15.0 Å². The molecular formula is C27H29N5O3. The van der Waals surface area contributed by atoms with Crippen LogP contribution in [0.15, 0.2) is 60.8 Å². The van der Waals surface area contributed by atoms with Gasteiger partial charge in [-0.2, -0.15) is 5.10 Å². The number of benzene rings is 2. The molecule has 3 heterocycles. The summed E-state index contributed by atoms with van der Waals surface area (Å²) in [5.74, 6) is 1.15. The minimum Gasteiger partial charge on any atom is -0.491 e. The number of aryl methyl sites for hydroxylation is 2. The van der Waals surface area contributed by atoms with E-state index in [0.717, 1.165) is 33.5 Å². The first-order chi connectivity index (χ1) is 16.9. The predicted octanol–water partition coefficient (Wildman–Crippen LogP) is 3.88. The molecule has 0 saturated heterocycles. The summed E-state index contributed by atoms with van der Waals surface area (Å²) in [6.45, 7) is 4.79. The van der Waals surface area contributed by atoms with E-state index < -0.39 is 0 Å². The highest BCUT2D eigenvalue weighted by Gasteiger charge is 2.28. The van der Waals surface area contributed by atoms with Crippen LogP contribution in [0.3, 0.4) is 0 Å². The number of para-hydroxylation sites is 1. The van der Waals surface area contributed by atoms with Gasteiger partial charge in [0, 0.05) is 48.7 Å². The van der Waals surface area contributed by atoms with E-state index in [1.54, 1.807) is 0 Å². The quantitative estimate of drug-likeness (QED) is 0.444. The molecule has 0 saturated carbocycles. The number of carbonyl (C=O) groups excluding carboxylic acids is 2. The Morgan fingerprint density at radius 1 is 1.14 bits per heavy atom. The molecule has 5 rings (SSSR count). The number of anilines is 1. The van der Waals surface area contributed by atoms with Gasteiger partial charge in [-0.25, -0.2) is 4.68 Å². The molecule has 2 aromatic heterocycles. The Morgan fingerprint density at radius 2 is 1.91 bits per heavy atom. The monoisotopic (exact) mass is 471 g/mol.